The van der Waals surface area contributed by atoms with Gasteiger partial charge >= 0.3 is 0 Å². The van der Waals surface area contributed by atoms with Crippen molar-refractivity contribution < 1.29 is 4.74 Å². The zero-order chi connectivity index (χ0) is 51.9. The minimum atomic E-state index is -0.0902. The molecular weight excluding hydrogens is 990 g/mol. The van der Waals surface area contributed by atoms with Crippen molar-refractivity contribution in [1.29, 1.82) is 0 Å². The molecule has 9 nitrogen and oxygen atoms in total. The number of ether oxygens (including phenoxy) is 1. The van der Waals surface area contributed by atoms with E-state index in [-0.39, 0.29) is 5.56 Å². The zero-order valence-electron chi connectivity index (χ0n) is 42.8. The molecule has 382 valence electrons. The van der Waals surface area contributed by atoms with Gasteiger partial charge in [0, 0.05) is 46.2 Å². The molecule has 2 fully saturated rings. The first-order valence-corrected chi connectivity index (χ1v) is 27.5. The average molecular weight is 1050 g/mol. The third-order valence-electron chi connectivity index (χ3n) is 13.3. The minimum Gasteiger partial charge on any atom is -0.490 e. The maximum absolute atomic E-state index is 12.4. The number of aromatic nitrogens is 5. The third-order valence-corrected chi connectivity index (χ3v) is 14.7. The number of hydrogen-bond acceptors (Lipinski definition) is 9. The highest BCUT2D eigenvalue weighted by Crippen LogP contribution is 2.34. The summed E-state index contributed by atoms with van der Waals surface area (Å²) in [6.45, 7) is 6.41. The Morgan fingerprint density at radius 3 is 2.11 bits per heavy atom. The van der Waals surface area contributed by atoms with E-state index in [1.807, 2.05) is 86.1 Å². The van der Waals surface area contributed by atoms with Crippen molar-refractivity contribution in [3.05, 3.63) is 251 Å². The molecule has 0 amide bonds. The molecule has 0 radical (unpaired) electrons. The predicted octanol–water partition coefficient (Wildman–Crippen LogP) is 15.7. The number of para-hydroxylation sites is 1. The first-order valence-electron chi connectivity index (χ1n) is 25.8. The van der Waals surface area contributed by atoms with Crippen LogP contribution in [0.3, 0.4) is 0 Å². The molecule has 0 spiro atoms. The van der Waals surface area contributed by atoms with Crippen molar-refractivity contribution in [1.82, 2.24) is 24.5 Å². The molecule has 0 bridgehead atoms. The number of aryl methyl sites for hydroxylation is 3. The van der Waals surface area contributed by atoms with Crippen LogP contribution in [-0.4, -0.2) is 30.6 Å². The lowest BCUT2D eigenvalue weighted by molar-refractivity contribution is 0.208. The van der Waals surface area contributed by atoms with E-state index in [4.69, 9.17) is 27.9 Å². The van der Waals surface area contributed by atoms with Crippen LogP contribution in [0.25, 0.3) is 0 Å². The van der Waals surface area contributed by atoms with Crippen LogP contribution in [0.15, 0.2) is 174 Å². The van der Waals surface area contributed by atoms with Crippen LogP contribution in [0.2, 0.25) is 10.0 Å². The second-order valence-electron chi connectivity index (χ2n) is 19.5. The summed E-state index contributed by atoms with van der Waals surface area (Å²) in [6.07, 6.45) is 15.2. The van der Waals surface area contributed by atoms with Gasteiger partial charge in [-0.25, -0.2) is 19.9 Å². The van der Waals surface area contributed by atoms with E-state index in [1.165, 1.54) is 83.0 Å². The Morgan fingerprint density at radius 1 is 0.667 bits per heavy atom. The van der Waals surface area contributed by atoms with Gasteiger partial charge in [-0.1, -0.05) is 132 Å². The van der Waals surface area contributed by atoms with Crippen LogP contribution in [0.1, 0.15) is 99.4 Å². The van der Waals surface area contributed by atoms with Gasteiger partial charge in [-0.15, -0.1) is 11.3 Å². The summed E-state index contributed by atoms with van der Waals surface area (Å²) in [4.78, 5) is 30.4. The Hall–Kier alpha value is -7.11. The Labute approximate surface area is 455 Å². The summed E-state index contributed by atoms with van der Waals surface area (Å²) in [6, 6.07) is 51.1. The number of hydrogen-bond donors (Lipinski definition) is 2. The lowest BCUT2D eigenvalue weighted by atomic mass is 9.97. The van der Waals surface area contributed by atoms with Crippen LogP contribution in [0.4, 0.5) is 23.3 Å². The van der Waals surface area contributed by atoms with E-state index in [9.17, 15) is 4.79 Å². The molecule has 0 saturated heterocycles. The number of rotatable bonds is 16. The van der Waals surface area contributed by atoms with E-state index >= 15 is 0 Å². The molecule has 3 heterocycles. The Morgan fingerprint density at radius 2 is 1.37 bits per heavy atom. The molecule has 12 heteroatoms. The number of nitrogens with one attached hydrogen (secondary N) is 2. The molecule has 75 heavy (non-hydrogen) atoms. The van der Waals surface area contributed by atoms with Crippen molar-refractivity contribution in [3.63, 3.8) is 0 Å². The molecule has 2 N–H and O–H groups in total. The number of thiazole rings is 1. The topological polar surface area (TPSA) is 107 Å². The maximum atomic E-state index is 12.4. The molecule has 2 aliphatic rings. The highest BCUT2D eigenvalue weighted by molar-refractivity contribution is 7.09. The van der Waals surface area contributed by atoms with E-state index in [2.05, 4.69) is 122 Å². The molecule has 0 atom stereocenters. The Balaban J connectivity index is 0.000000138. The largest absolute Gasteiger partial charge is 0.490 e. The normalized spacial score (nSPS) is 13.0. The van der Waals surface area contributed by atoms with Gasteiger partial charge in [0.25, 0.3) is 5.56 Å². The van der Waals surface area contributed by atoms with E-state index in [0.717, 1.165) is 65.5 Å². The molecule has 9 aromatic rings. The fraction of sp³-hybridized carbons (Fsp3) is 0.254. The number of benzene rings is 6. The summed E-state index contributed by atoms with van der Waals surface area (Å²) in [5.74, 6) is 2.94. The standard InChI is InChI=1S/C23H25NOS.C21H20ClN3.C19H18ClN3O/c1-17-10-11-18(15-22(17)25-21-8-4-5-9-21)14-19-6-2-3-7-20(19)16-23-24-12-13-26-23;22-18-14-23-21(25-20(18)13-16-10-11-16)24-19-9-5-4-8-17(19)12-15-6-2-1-3-7-15;1-13-4-3-5-17(10-13)22-19-21-14(2)11-18(24)23(19)12-15-6-8-16(20)9-7-15/h2-3,6-7,10-13,15,21H,4-5,8-9,14,16H2,1H3;1-9,14,16H,10-13H2,(H,23,24,25);3-11H,12H2,1-2H3,(H,21,22). The van der Waals surface area contributed by atoms with Crippen molar-refractivity contribution in [2.24, 2.45) is 5.92 Å². The highest BCUT2D eigenvalue weighted by atomic mass is 35.5. The quantitative estimate of drug-likeness (QED) is 0.0986. The zero-order valence-corrected chi connectivity index (χ0v) is 45.1. The molecule has 6 aromatic carbocycles. The minimum absolute atomic E-state index is 0.0902. The molecule has 0 unspecified atom stereocenters. The first-order chi connectivity index (χ1) is 36.6. The third kappa shape index (κ3) is 15.7. The van der Waals surface area contributed by atoms with Gasteiger partial charge in [0.05, 0.1) is 34.6 Å². The molecule has 0 aliphatic heterocycles. The van der Waals surface area contributed by atoms with Gasteiger partial charge in [0.2, 0.25) is 11.9 Å². The lowest BCUT2D eigenvalue weighted by Crippen LogP contribution is -2.24. The molecule has 11 rings (SSSR count). The molecule has 2 aliphatic carbocycles. The summed E-state index contributed by atoms with van der Waals surface area (Å²) in [5, 5.41) is 11.2. The maximum Gasteiger partial charge on any atom is 0.255 e. The number of anilines is 4. The second kappa shape index (κ2) is 25.9. The van der Waals surface area contributed by atoms with Gasteiger partial charge in [-0.05, 0) is 165 Å². The Kier molecular flexibility index (Phi) is 18.2. The van der Waals surface area contributed by atoms with Gasteiger partial charge < -0.3 is 15.4 Å². The SMILES string of the molecule is Cc1ccc(Cc2ccccc2Cc2nccs2)cc1OC1CCCC1.Cc1cccc(Nc2nc(C)cc(=O)n2Cc2ccc(Cl)cc2)c1.Clc1cnc(Nc2ccccc2Cc2ccccc2)nc1CC1CC1. The molecule has 2 saturated carbocycles. The summed E-state index contributed by atoms with van der Waals surface area (Å²) >= 11 is 13.9. The van der Waals surface area contributed by atoms with Crippen molar-refractivity contribution in [2.45, 2.75) is 97.6 Å². The van der Waals surface area contributed by atoms with E-state index in [0.29, 0.717) is 40.3 Å². The van der Waals surface area contributed by atoms with Gasteiger partial charge in [0.15, 0.2) is 0 Å². The van der Waals surface area contributed by atoms with Crippen molar-refractivity contribution in [3.8, 4) is 5.75 Å². The van der Waals surface area contributed by atoms with Gasteiger partial charge in [0.1, 0.15) is 5.75 Å². The smallest absolute Gasteiger partial charge is 0.255 e. The summed E-state index contributed by atoms with van der Waals surface area (Å²) in [5.41, 5.74) is 13.4. The van der Waals surface area contributed by atoms with Crippen LogP contribution >= 0.6 is 34.5 Å². The van der Waals surface area contributed by atoms with Gasteiger partial charge in [-0.3, -0.25) is 9.36 Å². The first kappa shape index (κ1) is 52.7. The van der Waals surface area contributed by atoms with Crippen molar-refractivity contribution in [2.75, 3.05) is 10.6 Å². The lowest BCUT2D eigenvalue weighted by Gasteiger charge is -2.17. The van der Waals surface area contributed by atoms with Crippen LogP contribution in [0, 0.1) is 26.7 Å². The fourth-order valence-corrected chi connectivity index (χ4v) is 10.1. The van der Waals surface area contributed by atoms with Crippen LogP contribution < -0.4 is 20.9 Å². The fourth-order valence-electron chi connectivity index (χ4n) is 9.12. The monoisotopic (exact) mass is 1050 g/mol. The van der Waals surface area contributed by atoms with E-state index < -0.39 is 0 Å². The second-order valence-corrected chi connectivity index (χ2v) is 21.3. The summed E-state index contributed by atoms with van der Waals surface area (Å²) < 4.78 is 7.92. The number of nitrogens with zero attached hydrogens (tertiary/aromatic N) is 5. The highest BCUT2D eigenvalue weighted by Gasteiger charge is 2.24. The molecule has 3 aromatic heterocycles. The van der Waals surface area contributed by atoms with Gasteiger partial charge in [-0.2, -0.15) is 0 Å². The van der Waals surface area contributed by atoms with Crippen LogP contribution in [-0.2, 0) is 32.2 Å². The van der Waals surface area contributed by atoms with Crippen molar-refractivity contribution >= 4 is 57.8 Å². The number of halogens is 2. The summed E-state index contributed by atoms with van der Waals surface area (Å²) in [7, 11) is 0. The molecular formula is C63H63Cl2N7O2S. The average Bonchev–Trinajstić information content (AvgIpc) is 3.79. The Bertz CT molecular complexity index is 3340. The van der Waals surface area contributed by atoms with E-state index in [1.54, 1.807) is 22.1 Å². The predicted molar refractivity (Wildman–Crippen MR) is 309 cm³/mol. The van der Waals surface area contributed by atoms with Crippen LogP contribution in [0.5, 0.6) is 5.75 Å².